The van der Waals surface area contributed by atoms with Crippen molar-refractivity contribution >= 4 is 13.3 Å². The van der Waals surface area contributed by atoms with Crippen LogP contribution < -0.4 is 10.8 Å². The van der Waals surface area contributed by atoms with E-state index in [0.29, 0.717) is 0 Å². The fourth-order valence-corrected chi connectivity index (χ4v) is 2.43. The van der Waals surface area contributed by atoms with Crippen molar-refractivity contribution in [2.75, 3.05) is 13.2 Å². The Bertz CT molecular complexity index is 415. The summed E-state index contributed by atoms with van der Waals surface area (Å²) in [7, 11) is 2.22. The summed E-state index contributed by atoms with van der Waals surface area (Å²) < 4.78 is 5.43. The van der Waals surface area contributed by atoms with E-state index in [0.717, 1.165) is 38.6 Å². The highest BCUT2D eigenvalue weighted by Gasteiger charge is 2.20. The van der Waals surface area contributed by atoms with Crippen LogP contribution in [-0.4, -0.2) is 27.1 Å². The molecule has 2 rings (SSSR count). The largest absolute Gasteiger partial charge is 0.382 e. The second-order valence-electron chi connectivity index (χ2n) is 5.65. The molecule has 104 valence electrons. The van der Waals surface area contributed by atoms with Crippen molar-refractivity contribution in [1.29, 1.82) is 0 Å². The molecule has 0 unspecified atom stereocenters. The lowest BCUT2D eigenvalue weighted by Gasteiger charge is -2.13. The number of aryl methyl sites for hydroxylation is 1. The Balaban J connectivity index is 1.94. The van der Waals surface area contributed by atoms with Gasteiger partial charge in [-0.15, -0.1) is 0 Å². The number of ether oxygens (including phenoxy) is 1. The van der Waals surface area contributed by atoms with Gasteiger partial charge in [-0.1, -0.05) is 23.2 Å². The molecule has 0 aliphatic heterocycles. The predicted octanol–water partition coefficient (Wildman–Crippen LogP) is 1.47. The van der Waals surface area contributed by atoms with Gasteiger partial charge in [-0.05, 0) is 50.7 Å². The van der Waals surface area contributed by atoms with E-state index in [1.54, 1.807) is 0 Å². The van der Waals surface area contributed by atoms with Crippen LogP contribution in [0.15, 0.2) is 12.1 Å². The highest BCUT2D eigenvalue weighted by molar-refractivity contribution is 6.33. The Morgan fingerprint density at radius 2 is 2.16 bits per heavy atom. The third-order valence-corrected chi connectivity index (χ3v) is 3.95. The van der Waals surface area contributed by atoms with Crippen molar-refractivity contribution in [3.05, 3.63) is 28.8 Å². The third-order valence-electron chi connectivity index (χ3n) is 3.95. The zero-order chi connectivity index (χ0) is 13.7. The van der Waals surface area contributed by atoms with Crippen LogP contribution in [0.3, 0.4) is 0 Å². The van der Waals surface area contributed by atoms with E-state index in [1.165, 1.54) is 35.0 Å². The van der Waals surface area contributed by atoms with Crippen LogP contribution in [-0.2, 0) is 17.7 Å². The maximum atomic E-state index is 5.43. The van der Waals surface area contributed by atoms with E-state index in [1.807, 2.05) is 0 Å². The van der Waals surface area contributed by atoms with Gasteiger partial charge in [-0.3, -0.25) is 0 Å². The summed E-state index contributed by atoms with van der Waals surface area (Å²) in [6, 6.07) is 5.49. The summed E-state index contributed by atoms with van der Waals surface area (Å²) in [6.45, 7) is 7.01. The average Bonchev–Trinajstić information content (AvgIpc) is 3.21. The molecule has 1 fully saturated rings. The van der Waals surface area contributed by atoms with E-state index in [2.05, 4.69) is 39.1 Å². The van der Waals surface area contributed by atoms with Crippen molar-refractivity contribution in [1.82, 2.24) is 5.32 Å². The van der Waals surface area contributed by atoms with Gasteiger partial charge in [-0.25, -0.2) is 0 Å². The van der Waals surface area contributed by atoms with Gasteiger partial charge in [0.1, 0.15) is 7.85 Å². The molecule has 0 heterocycles. The summed E-state index contributed by atoms with van der Waals surface area (Å²) in [5.74, 6) is 0. The Morgan fingerprint density at radius 3 is 2.84 bits per heavy atom. The molecule has 1 aliphatic rings. The molecular weight excluding hydrogens is 233 g/mol. The second-order valence-corrected chi connectivity index (χ2v) is 5.65. The summed E-state index contributed by atoms with van der Waals surface area (Å²) in [4.78, 5) is 0. The molecule has 0 amide bonds. The molecule has 0 spiro atoms. The van der Waals surface area contributed by atoms with Gasteiger partial charge in [0.2, 0.25) is 0 Å². The summed E-state index contributed by atoms with van der Waals surface area (Å²) in [5, 5.41) is 3.60. The zero-order valence-electron chi connectivity index (χ0n) is 12.6. The van der Waals surface area contributed by atoms with Gasteiger partial charge in [0.15, 0.2) is 0 Å². The van der Waals surface area contributed by atoms with Crippen LogP contribution in [0, 0.1) is 6.92 Å². The fraction of sp³-hybridized carbons (Fsp3) is 0.625. The first kappa shape index (κ1) is 14.6. The van der Waals surface area contributed by atoms with Crippen molar-refractivity contribution < 1.29 is 4.74 Å². The molecule has 1 N–H and O–H groups in total. The molecular formula is C16H26BNO. The molecule has 1 aromatic rings. The van der Waals surface area contributed by atoms with Crippen LogP contribution in [0.1, 0.15) is 42.9 Å². The summed E-state index contributed by atoms with van der Waals surface area (Å²) in [5.41, 5.74) is 5.79. The molecule has 0 aromatic heterocycles. The Hall–Kier alpha value is -0.795. The monoisotopic (exact) mass is 259 g/mol. The van der Waals surface area contributed by atoms with Crippen LogP contribution in [0.5, 0.6) is 0 Å². The minimum absolute atomic E-state index is 0.781. The molecule has 0 saturated heterocycles. The van der Waals surface area contributed by atoms with E-state index in [9.17, 15) is 0 Å². The summed E-state index contributed by atoms with van der Waals surface area (Å²) in [6.07, 6.45) is 4.95. The molecule has 19 heavy (non-hydrogen) atoms. The number of benzene rings is 1. The molecule has 1 aromatic carbocycles. The Labute approximate surface area is 118 Å². The lowest BCUT2D eigenvalue weighted by atomic mass is 9.85. The van der Waals surface area contributed by atoms with Crippen molar-refractivity contribution in [2.24, 2.45) is 0 Å². The first-order valence-corrected chi connectivity index (χ1v) is 7.60. The molecule has 1 aliphatic carbocycles. The maximum Gasteiger partial charge on any atom is 0.139 e. The molecule has 1 saturated carbocycles. The maximum absolute atomic E-state index is 5.43. The van der Waals surface area contributed by atoms with Gasteiger partial charge < -0.3 is 10.1 Å². The highest BCUT2D eigenvalue weighted by Crippen LogP contribution is 2.19. The van der Waals surface area contributed by atoms with E-state index in [-0.39, 0.29) is 0 Å². The lowest BCUT2D eigenvalue weighted by molar-refractivity contribution is 0.145. The van der Waals surface area contributed by atoms with Crippen molar-refractivity contribution in [3.8, 4) is 0 Å². The number of nitrogens with one attached hydrogen (secondary N) is 1. The van der Waals surface area contributed by atoms with Gasteiger partial charge in [-0.2, -0.15) is 0 Å². The SMILES string of the molecule is Bc1cc(CNC2CC2)cc(CCCOCC)c1C. The summed E-state index contributed by atoms with van der Waals surface area (Å²) >= 11 is 0. The quantitative estimate of drug-likeness (QED) is 0.564. The number of hydrogen-bond acceptors (Lipinski definition) is 2. The Morgan fingerprint density at radius 1 is 1.37 bits per heavy atom. The van der Waals surface area contributed by atoms with Crippen molar-refractivity contribution in [3.63, 3.8) is 0 Å². The normalized spacial score (nSPS) is 14.8. The molecule has 0 radical (unpaired) electrons. The van der Waals surface area contributed by atoms with Crippen LogP contribution in [0.4, 0.5) is 0 Å². The number of rotatable bonds is 8. The predicted molar refractivity (Wildman–Crippen MR) is 84.0 cm³/mol. The van der Waals surface area contributed by atoms with Crippen LogP contribution >= 0.6 is 0 Å². The van der Waals surface area contributed by atoms with Gasteiger partial charge in [0, 0.05) is 25.8 Å². The fourth-order valence-electron chi connectivity index (χ4n) is 2.43. The first-order chi connectivity index (χ1) is 9.20. The van der Waals surface area contributed by atoms with E-state index < -0.39 is 0 Å². The van der Waals surface area contributed by atoms with Gasteiger partial charge in [0.25, 0.3) is 0 Å². The van der Waals surface area contributed by atoms with Gasteiger partial charge in [0.05, 0.1) is 0 Å². The number of hydrogen-bond donors (Lipinski definition) is 1. The minimum Gasteiger partial charge on any atom is -0.382 e. The second kappa shape index (κ2) is 7.11. The topological polar surface area (TPSA) is 21.3 Å². The molecule has 0 atom stereocenters. The van der Waals surface area contributed by atoms with Crippen LogP contribution in [0.2, 0.25) is 0 Å². The highest BCUT2D eigenvalue weighted by atomic mass is 16.5. The zero-order valence-corrected chi connectivity index (χ0v) is 12.6. The van der Waals surface area contributed by atoms with E-state index >= 15 is 0 Å². The lowest BCUT2D eigenvalue weighted by Crippen LogP contribution is -2.19. The smallest absolute Gasteiger partial charge is 0.139 e. The first-order valence-electron chi connectivity index (χ1n) is 7.60. The Kier molecular flexibility index (Phi) is 5.47. The van der Waals surface area contributed by atoms with Crippen LogP contribution in [0.25, 0.3) is 0 Å². The average molecular weight is 259 g/mol. The van der Waals surface area contributed by atoms with Crippen molar-refractivity contribution in [2.45, 2.75) is 52.1 Å². The molecule has 3 heteroatoms. The van der Waals surface area contributed by atoms with E-state index in [4.69, 9.17) is 4.74 Å². The standard InChI is InChI=1S/C16H26BNO/c1-3-19-8-4-5-14-9-13(10-16(17)12(14)2)11-18-15-6-7-15/h9-10,15,18H,3-8,11,17H2,1-2H3. The third kappa shape index (κ3) is 4.66. The minimum atomic E-state index is 0.781. The molecule has 0 bridgehead atoms. The van der Waals surface area contributed by atoms with Gasteiger partial charge >= 0.3 is 0 Å². The molecule has 2 nitrogen and oxygen atoms in total.